The van der Waals surface area contributed by atoms with E-state index in [0.717, 1.165) is 0 Å². The standard InChI is InChI=1S/C16H26/c1-3-7-15(8-4-1)11-13-16(14-12-15)9-5-2-6-10-16/h11,13H,1-10,12,14H2. The van der Waals surface area contributed by atoms with Crippen molar-refractivity contribution in [2.24, 2.45) is 10.8 Å². The molecule has 0 bridgehead atoms. The first-order valence-corrected chi connectivity index (χ1v) is 7.53. The van der Waals surface area contributed by atoms with Crippen molar-refractivity contribution in [3.8, 4) is 0 Å². The van der Waals surface area contributed by atoms with Crippen LogP contribution in [-0.4, -0.2) is 0 Å². The van der Waals surface area contributed by atoms with Gasteiger partial charge in [-0.25, -0.2) is 0 Å². The van der Waals surface area contributed by atoms with Crippen LogP contribution in [0.4, 0.5) is 0 Å². The van der Waals surface area contributed by atoms with Crippen molar-refractivity contribution in [1.29, 1.82) is 0 Å². The third-order valence-electron chi connectivity index (χ3n) is 5.61. The molecule has 0 N–H and O–H groups in total. The zero-order chi connectivity index (χ0) is 10.9. The van der Waals surface area contributed by atoms with Crippen LogP contribution in [0.5, 0.6) is 0 Å². The lowest BCUT2D eigenvalue weighted by Crippen LogP contribution is -2.32. The van der Waals surface area contributed by atoms with Gasteiger partial charge in [0.15, 0.2) is 0 Å². The van der Waals surface area contributed by atoms with Crippen LogP contribution < -0.4 is 0 Å². The molecule has 16 heavy (non-hydrogen) atoms. The second-order valence-corrected chi connectivity index (χ2v) is 6.68. The molecule has 3 aliphatic rings. The van der Waals surface area contributed by atoms with E-state index in [-0.39, 0.29) is 0 Å². The molecule has 2 fully saturated rings. The van der Waals surface area contributed by atoms with Gasteiger partial charge in [-0.1, -0.05) is 50.7 Å². The topological polar surface area (TPSA) is 0 Å². The zero-order valence-electron chi connectivity index (χ0n) is 10.6. The molecule has 3 rings (SSSR count). The lowest BCUT2D eigenvalue weighted by molar-refractivity contribution is 0.145. The molecule has 2 saturated carbocycles. The molecule has 90 valence electrons. The lowest BCUT2D eigenvalue weighted by Gasteiger charge is -2.45. The third kappa shape index (κ3) is 1.96. The fourth-order valence-corrected chi connectivity index (χ4v) is 4.36. The van der Waals surface area contributed by atoms with E-state index in [1.165, 1.54) is 77.0 Å². The van der Waals surface area contributed by atoms with Crippen LogP contribution in [0, 0.1) is 10.8 Å². The van der Waals surface area contributed by atoms with Gasteiger partial charge in [0.1, 0.15) is 0 Å². The van der Waals surface area contributed by atoms with Gasteiger partial charge in [0.2, 0.25) is 0 Å². The van der Waals surface area contributed by atoms with Crippen LogP contribution in [0.15, 0.2) is 12.2 Å². The van der Waals surface area contributed by atoms with Gasteiger partial charge < -0.3 is 0 Å². The summed E-state index contributed by atoms with van der Waals surface area (Å²) in [4.78, 5) is 0. The van der Waals surface area contributed by atoms with E-state index < -0.39 is 0 Å². The summed E-state index contributed by atoms with van der Waals surface area (Å²) < 4.78 is 0. The van der Waals surface area contributed by atoms with Crippen molar-refractivity contribution in [3.63, 3.8) is 0 Å². The Morgan fingerprint density at radius 2 is 0.812 bits per heavy atom. The molecule has 0 aromatic rings. The van der Waals surface area contributed by atoms with Gasteiger partial charge in [0, 0.05) is 0 Å². The van der Waals surface area contributed by atoms with Gasteiger partial charge in [-0.2, -0.15) is 0 Å². The maximum Gasteiger partial charge on any atom is -0.0118 e. The number of hydrogen-bond acceptors (Lipinski definition) is 0. The van der Waals surface area contributed by atoms with Gasteiger partial charge >= 0.3 is 0 Å². The van der Waals surface area contributed by atoms with Gasteiger partial charge in [-0.3, -0.25) is 0 Å². The minimum absolute atomic E-state index is 0.654. The molecule has 0 nitrogen and oxygen atoms in total. The Morgan fingerprint density at radius 1 is 0.438 bits per heavy atom. The Morgan fingerprint density at radius 3 is 1.12 bits per heavy atom. The molecule has 2 spiro atoms. The van der Waals surface area contributed by atoms with E-state index in [0.29, 0.717) is 10.8 Å². The van der Waals surface area contributed by atoms with Crippen LogP contribution in [0.2, 0.25) is 0 Å². The summed E-state index contributed by atoms with van der Waals surface area (Å²) in [6, 6.07) is 0. The van der Waals surface area contributed by atoms with E-state index >= 15 is 0 Å². The molecule has 0 radical (unpaired) electrons. The summed E-state index contributed by atoms with van der Waals surface area (Å²) in [6.45, 7) is 0. The van der Waals surface area contributed by atoms with Crippen molar-refractivity contribution in [2.45, 2.75) is 77.0 Å². The number of hydrogen-bond donors (Lipinski definition) is 0. The van der Waals surface area contributed by atoms with Crippen molar-refractivity contribution < 1.29 is 0 Å². The van der Waals surface area contributed by atoms with Crippen LogP contribution in [0.25, 0.3) is 0 Å². The summed E-state index contributed by atoms with van der Waals surface area (Å²) in [6.07, 6.45) is 23.2. The maximum atomic E-state index is 2.67. The normalized spacial score (nSPS) is 32.0. The van der Waals surface area contributed by atoms with E-state index in [2.05, 4.69) is 12.2 Å². The monoisotopic (exact) mass is 218 g/mol. The predicted molar refractivity (Wildman–Crippen MR) is 69.4 cm³/mol. The highest BCUT2D eigenvalue weighted by molar-refractivity contribution is 5.13. The second-order valence-electron chi connectivity index (χ2n) is 6.68. The van der Waals surface area contributed by atoms with Crippen molar-refractivity contribution in [1.82, 2.24) is 0 Å². The van der Waals surface area contributed by atoms with Crippen molar-refractivity contribution in [3.05, 3.63) is 12.2 Å². The van der Waals surface area contributed by atoms with Crippen LogP contribution in [-0.2, 0) is 0 Å². The molecule has 0 aromatic heterocycles. The smallest absolute Gasteiger partial charge is 0.0118 e. The Bertz CT molecular complexity index is 234. The highest BCUT2D eigenvalue weighted by Crippen LogP contribution is 2.52. The Hall–Kier alpha value is -0.260. The molecular weight excluding hydrogens is 192 g/mol. The summed E-state index contributed by atoms with van der Waals surface area (Å²) >= 11 is 0. The van der Waals surface area contributed by atoms with Gasteiger partial charge in [-0.05, 0) is 49.4 Å². The fourth-order valence-electron chi connectivity index (χ4n) is 4.36. The fraction of sp³-hybridized carbons (Fsp3) is 0.875. The molecule has 3 aliphatic carbocycles. The molecule has 0 heteroatoms. The van der Waals surface area contributed by atoms with Crippen LogP contribution in [0.3, 0.4) is 0 Å². The second kappa shape index (κ2) is 4.20. The summed E-state index contributed by atoms with van der Waals surface area (Å²) in [7, 11) is 0. The maximum absolute atomic E-state index is 2.67. The van der Waals surface area contributed by atoms with E-state index in [1.54, 1.807) is 0 Å². The molecule has 0 aromatic carbocycles. The highest BCUT2D eigenvalue weighted by atomic mass is 14.4. The van der Waals surface area contributed by atoms with E-state index in [9.17, 15) is 0 Å². The molecule has 0 unspecified atom stereocenters. The molecule has 0 heterocycles. The molecular formula is C16H26. The van der Waals surface area contributed by atoms with E-state index in [1.807, 2.05) is 0 Å². The third-order valence-corrected chi connectivity index (χ3v) is 5.61. The SMILES string of the molecule is C1=CC2(CCCCC2)CCC12CCCCC2. The first kappa shape index (κ1) is 10.9. The average Bonchev–Trinajstić information content (AvgIpc) is 2.36. The van der Waals surface area contributed by atoms with Crippen LogP contribution >= 0.6 is 0 Å². The van der Waals surface area contributed by atoms with E-state index in [4.69, 9.17) is 0 Å². The minimum atomic E-state index is 0.654. The molecule has 0 saturated heterocycles. The molecule has 0 aliphatic heterocycles. The van der Waals surface area contributed by atoms with Gasteiger partial charge in [0.25, 0.3) is 0 Å². The van der Waals surface area contributed by atoms with Gasteiger partial charge in [-0.15, -0.1) is 0 Å². The Labute approximate surface area is 101 Å². The number of allylic oxidation sites excluding steroid dienone is 2. The lowest BCUT2D eigenvalue weighted by atomic mass is 9.60. The Balaban J connectivity index is 1.73. The average molecular weight is 218 g/mol. The summed E-state index contributed by atoms with van der Waals surface area (Å²) in [5.74, 6) is 0. The minimum Gasteiger partial charge on any atom is -0.0818 e. The first-order valence-electron chi connectivity index (χ1n) is 7.53. The largest absolute Gasteiger partial charge is 0.0818 e. The zero-order valence-corrected chi connectivity index (χ0v) is 10.6. The van der Waals surface area contributed by atoms with Crippen molar-refractivity contribution >= 4 is 0 Å². The molecule has 0 amide bonds. The predicted octanol–water partition coefficient (Wildman–Crippen LogP) is 5.24. The summed E-state index contributed by atoms with van der Waals surface area (Å²) in [5.41, 5.74) is 1.31. The number of rotatable bonds is 0. The molecule has 0 atom stereocenters. The summed E-state index contributed by atoms with van der Waals surface area (Å²) in [5, 5.41) is 0. The van der Waals surface area contributed by atoms with Gasteiger partial charge in [0.05, 0.1) is 0 Å². The first-order chi connectivity index (χ1) is 7.83. The highest BCUT2D eigenvalue weighted by Gasteiger charge is 2.39. The quantitative estimate of drug-likeness (QED) is 0.488. The van der Waals surface area contributed by atoms with Crippen LogP contribution in [0.1, 0.15) is 77.0 Å². The Kier molecular flexibility index (Phi) is 2.85. The van der Waals surface area contributed by atoms with Crippen molar-refractivity contribution in [2.75, 3.05) is 0 Å².